The summed E-state index contributed by atoms with van der Waals surface area (Å²) in [6.45, 7) is 6.90. The zero-order chi connectivity index (χ0) is 30.0. The first-order valence-corrected chi connectivity index (χ1v) is 16.1. The molecule has 0 aliphatic rings. The first-order valence-electron chi connectivity index (χ1n) is 13.8. The van der Waals surface area contributed by atoms with Crippen LogP contribution in [0.25, 0.3) is 0 Å². The van der Waals surface area contributed by atoms with Crippen molar-refractivity contribution < 1.29 is 18.0 Å². The standard InChI is InChI=1S/C32H40ClN3O4S/c1-24(2)22-34-32(38)30(20-26-13-6-5-7-14-26)35(23-27-15-9-8-12-25(27)3)31(37)18-11-19-36(41(4,39)40)29-17-10-16-28(33)21-29/h5-10,12-17,21,24,30H,11,18-20,22-23H2,1-4H3,(H,34,38)/t30-/m1/s1. The molecule has 0 aromatic heterocycles. The molecule has 1 N–H and O–H groups in total. The smallest absolute Gasteiger partial charge is 0.243 e. The third kappa shape index (κ3) is 9.90. The average molecular weight is 598 g/mol. The van der Waals surface area contributed by atoms with E-state index in [0.29, 0.717) is 23.7 Å². The Hall–Kier alpha value is -3.36. The predicted molar refractivity (Wildman–Crippen MR) is 166 cm³/mol. The summed E-state index contributed by atoms with van der Waals surface area (Å²) in [4.78, 5) is 29.2. The van der Waals surface area contributed by atoms with Gasteiger partial charge in [-0.15, -0.1) is 0 Å². The zero-order valence-electron chi connectivity index (χ0n) is 24.2. The number of anilines is 1. The molecule has 3 aromatic rings. The van der Waals surface area contributed by atoms with Gasteiger partial charge < -0.3 is 10.2 Å². The second kappa shape index (κ2) is 15.0. The van der Waals surface area contributed by atoms with Crippen molar-refractivity contribution >= 4 is 39.1 Å². The number of aryl methyl sites for hydroxylation is 1. The molecule has 3 rings (SSSR count). The summed E-state index contributed by atoms with van der Waals surface area (Å²) in [6.07, 6.45) is 1.84. The monoisotopic (exact) mass is 597 g/mol. The van der Waals surface area contributed by atoms with Crippen LogP contribution in [0.3, 0.4) is 0 Å². The van der Waals surface area contributed by atoms with Crippen molar-refractivity contribution in [3.63, 3.8) is 0 Å². The summed E-state index contributed by atoms with van der Waals surface area (Å²) in [5.74, 6) is -0.167. The van der Waals surface area contributed by atoms with Crippen molar-refractivity contribution in [2.24, 2.45) is 5.92 Å². The molecule has 0 saturated carbocycles. The number of sulfonamides is 1. The average Bonchev–Trinajstić information content (AvgIpc) is 2.92. The van der Waals surface area contributed by atoms with Crippen molar-refractivity contribution in [2.45, 2.75) is 52.6 Å². The highest BCUT2D eigenvalue weighted by atomic mass is 35.5. The maximum Gasteiger partial charge on any atom is 0.243 e. The molecule has 1 atom stereocenters. The number of amides is 2. The maximum atomic E-state index is 13.9. The Bertz CT molecular complexity index is 1410. The van der Waals surface area contributed by atoms with Crippen LogP contribution in [0.1, 0.15) is 43.4 Å². The minimum Gasteiger partial charge on any atom is -0.354 e. The van der Waals surface area contributed by atoms with Gasteiger partial charge in [0.2, 0.25) is 21.8 Å². The van der Waals surface area contributed by atoms with E-state index in [-0.39, 0.29) is 43.7 Å². The van der Waals surface area contributed by atoms with Gasteiger partial charge in [-0.05, 0) is 54.2 Å². The molecule has 2 amide bonds. The van der Waals surface area contributed by atoms with E-state index in [4.69, 9.17) is 11.6 Å². The zero-order valence-corrected chi connectivity index (χ0v) is 25.8. The quantitative estimate of drug-likeness (QED) is 0.262. The fourth-order valence-electron chi connectivity index (χ4n) is 4.58. The van der Waals surface area contributed by atoms with Gasteiger partial charge in [0.1, 0.15) is 6.04 Å². The molecule has 220 valence electrons. The third-order valence-electron chi connectivity index (χ3n) is 6.81. The summed E-state index contributed by atoms with van der Waals surface area (Å²) in [6, 6.07) is 23.4. The molecule has 0 aliphatic heterocycles. The van der Waals surface area contributed by atoms with E-state index in [0.717, 1.165) is 22.9 Å². The Morgan fingerprint density at radius 3 is 2.27 bits per heavy atom. The van der Waals surface area contributed by atoms with E-state index in [9.17, 15) is 18.0 Å². The lowest BCUT2D eigenvalue weighted by atomic mass is 10.0. The van der Waals surface area contributed by atoms with E-state index in [1.807, 2.05) is 75.4 Å². The lowest BCUT2D eigenvalue weighted by Gasteiger charge is -2.32. The number of hydrogen-bond donors (Lipinski definition) is 1. The van der Waals surface area contributed by atoms with Gasteiger partial charge in [-0.2, -0.15) is 0 Å². The summed E-state index contributed by atoms with van der Waals surface area (Å²) in [7, 11) is -3.61. The van der Waals surface area contributed by atoms with Crippen LogP contribution < -0.4 is 9.62 Å². The Morgan fingerprint density at radius 1 is 0.951 bits per heavy atom. The molecule has 0 unspecified atom stereocenters. The number of benzene rings is 3. The summed E-state index contributed by atoms with van der Waals surface area (Å²) in [5.41, 5.74) is 3.37. The van der Waals surface area contributed by atoms with E-state index in [1.165, 1.54) is 4.31 Å². The van der Waals surface area contributed by atoms with E-state index in [2.05, 4.69) is 5.32 Å². The lowest BCUT2D eigenvalue weighted by Crippen LogP contribution is -2.51. The van der Waals surface area contributed by atoms with Gasteiger partial charge in [-0.3, -0.25) is 13.9 Å². The Balaban J connectivity index is 1.89. The number of rotatable bonds is 14. The number of nitrogens with zero attached hydrogens (tertiary/aromatic N) is 2. The molecule has 7 nitrogen and oxygen atoms in total. The molecule has 0 heterocycles. The van der Waals surface area contributed by atoms with Crippen LogP contribution in [0.2, 0.25) is 5.02 Å². The highest BCUT2D eigenvalue weighted by Gasteiger charge is 2.31. The maximum absolute atomic E-state index is 13.9. The minimum absolute atomic E-state index is 0.0707. The van der Waals surface area contributed by atoms with Crippen LogP contribution in [0.5, 0.6) is 0 Å². The van der Waals surface area contributed by atoms with Gasteiger partial charge in [0.15, 0.2) is 0 Å². The fraction of sp³-hybridized carbons (Fsp3) is 0.375. The summed E-state index contributed by atoms with van der Waals surface area (Å²) >= 11 is 6.11. The Morgan fingerprint density at radius 2 is 1.63 bits per heavy atom. The van der Waals surface area contributed by atoms with Crippen LogP contribution in [-0.4, -0.2) is 50.5 Å². The number of nitrogens with one attached hydrogen (secondary N) is 1. The first kappa shape index (κ1) is 32.2. The van der Waals surface area contributed by atoms with Crippen LogP contribution in [-0.2, 0) is 32.6 Å². The predicted octanol–water partition coefficient (Wildman–Crippen LogP) is 5.61. The molecule has 9 heteroatoms. The van der Waals surface area contributed by atoms with Crippen LogP contribution >= 0.6 is 11.6 Å². The molecule has 3 aromatic carbocycles. The third-order valence-corrected chi connectivity index (χ3v) is 8.24. The van der Waals surface area contributed by atoms with Gasteiger partial charge in [0.25, 0.3) is 0 Å². The number of carbonyl (C=O) groups excluding carboxylic acids is 2. The van der Waals surface area contributed by atoms with Gasteiger partial charge in [0.05, 0.1) is 11.9 Å². The summed E-state index contributed by atoms with van der Waals surface area (Å²) < 4.78 is 26.4. The molecular formula is C32H40ClN3O4S. The van der Waals surface area contributed by atoms with Gasteiger partial charge in [-0.25, -0.2) is 8.42 Å². The highest BCUT2D eigenvalue weighted by molar-refractivity contribution is 7.92. The number of hydrogen-bond acceptors (Lipinski definition) is 4. The largest absolute Gasteiger partial charge is 0.354 e. The molecule has 0 radical (unpaired) electrons. The highest BCUT2D eigenvalue weighted by Crippen LogP contribution is 2.23. The van der Waals surface area contributed by atoms with E-state index in [1.54, 1.807) is 29.2 Å². The molecule has 0 spiro atoms. The van der Waals surface area contributed by atoms with Crippen LogP contribution in [0.4, 0.5) is 5.69 Å². The normalized spacial score (nSPS) is 12.1. The first-order chi connectivity index (χ1) is 19.5. The molecular weight excluding hydrogens is 558 g/mol. The van der Waals surface area contributed by atoms with Gasteiger partial charge in [-0.1, -0.05) is 86.1 Å². The Kier molecular flexibility index (Phi) is 11.8. The van der Waals surface area contributed by atoms with Gasteiger partial charge >= 0.3 is 0 Å². The lowest BCUT2D eigenvalue weighted by molar-refractivity contribution is -0.141. The van der Waals surface area contributed by atoms with E-state index < -0.39 is 16.1 Å². The van der Waals surface area contributed by atoms with Crippen LogP contribution in [0, 0.1) is 12.8 Å². The van der Waals surface area contributed by atoms with Gasteiger partial charge in [0, 0.05) is 37.5 Å². The molecule has 0 saturated heterocycles. The Labute approximate surface area is 249 Å². The van der Waals surface area contributed by atoms with Crippen molar-refractivity contribution in [3.05, 3.63) is 101 Å². The second-order valence-corrected chi connectivity index (χ2v) is 13.1. The number of halogens is 1. The van der Waals surface area contributed by atoms with Crippen molar-refractivity contribution in [1.29, 1.82) is 0 Å². The molecule has 0 fully saturated rings. The number of carbonyl (C=O) groups is 2. The van der Waals surface area contributed by atoms with E-state index >= 15 is 0 Å². The topological polar surface area (TPSA) is 86.8 Å². The van der Waals surface area contributed by atoms with Crippen LogP contribution in [0.15, 0.2) is 78.9 Å². The van der Waals surface area contributed by atoms with Crippen molar-refractivity contribution in [1.82, 2.24) is 10.2 Å². The van der Waals surface area contributed by atoms with Crippen molar-refractivity contribution in [2.75, 3.05) is 23.7 Å². The second-order valence-electron chi connectivity index (χ2n) is 10.7. The molecule has 41 heavy (non-hydrogen) atoms. The fourth-order valence-corrected chi connectivity index (χ4v) is 5.72. The van der Waals surface area contributed by atoms with Crippen molar-refractivity contribution in [3.8, 4) is 0 Å². The minimum atomic E-state index is -3.61. The molecule has 0 aliphatic carbocycles. The summed E-state index contributed by atoms with van der Waals surface area (Å²) in [5, 5.41) is 3.45. The SMILES string of the molecule is Cc1ccccc1CN(C(=O)CCCN(c1cccc(Cl)c1)S(C)(=O)=O)[C@H](Cc1ccccc1)C(=O)NCC(C)C. The molecule has 0 bridgehead atoms.